The van der Waals surface area contributed by atoms with Gasteiger partial charge in [-0.25, -0.2) is 0 Å². The summed E-state index contributed by atoms with van der Waals surface area (Å²) in [7, 11) is 0. The lowest BCUT2D eigenvalue weighted by molar-refractivity contribution is -0.122. The van der Waals surface area contributed by atoms with E-state index in [4.69, 9.17) is 0 Å². The lowest BCUT2D eigenvalue weighted by Gasteiger charge is -2.20. The summed E-state index contributed by atoms with van der Waals surface area (Å²) < 4.78 is 0. The van der Waals surface area contributed by atoms with E-state index >= 15 is 0 Å². The highest BCUT2D eigenvalue weighted by Crippen LogP contribution is 2.41. The molecule has 2 fully saturated rings. The molecule has 0 radical (unpaired) electrons. The molecule has 1 aliphatic heterocycles. The molecule has 1 saturated heterocycles. The van der Waals surface area contributed by atoms with Crippen molar-refractivity contribution in [1.82, 2.24) is 10.6 Å². The lowest BCUT2D eigenvalue weighted by Crippen LogP contribution is -2.31. The summed E-state index contributed by atoms with van der Waals surface area (Å²) in [5.41, 5.74) is 1.25. The average Bonchev–Trinajstić information content (AvgIpc) is 3.15. The number of carbonyl (C=O) groups excluding carboxylic acids is 1. The second-order valence-corrected chi connectivity index (χ2v) is 5.86. The number of carbonyl (C=O) groups is 1. The van der Waals surface area contributed by atoms with Crippen LogP contribution in [0, 0.1) is 11.8 Å². The van der Waals surface area contributed by atoms with Gasteiger partial charge in [0.05, 0.1) is 6.04 Å². The largest absolute Gasteiger partial charge is 0.349 e. The average molecular weight is 295 g/mol. The van der Waals surface area contributed by atoms with Gasteiger partial charge < -0.3 is 10.6 Å². The summed E-state index contributed by atoms with van der Waals surface area (Å²) in [6.45, 7) is 2.05. The molecule has 1 heterocycles. The van der Waals surface area contributed by atoms with E-state index in [2.05, 4.69) is 34.9 Å². The Labute approximate surface area is 126 Å². The zero-order valence-electron chi connectivity index (χ0n) is 11.7. The topological polar surface area (TPSA) is 41.1 Å². The van der Waals surface area contributed by atoms with Gasteiger partial charge >= 0.3 is 0 Å². The van der Waals surface area contributed by atoms with Gasteiger partial charge in [-0.15, -0.1) is 12.4 Å². The second-order valence-electron chi connectivity index (χ2n) is 5.86. The third-order valence-electron chi connectivity index (χ3n) is 4.21. The molecule has 1 aromatic carbocycles. The molecule has 3 nitrogen and oxygen atoms in total. The number of hydrogen-bond donors (Lipinski definition) is 2. The third-order valence-corrected chi connectivity index (χ3v) is 4.21. The Morgan fingerprint density at radius 1 is 1.25 bits per heavy atom. The van der Waals surface area contributed by atoms with Crippen LogP contribution < -0.4 is 10.6 Å². The Morgan fingerprint density at radius 3 is 2.60 bits per heavy atom. The van der Waals surface area contributed by atoms with Crippen molar-refractivity contribution in [1.29, 1.82) is 0 Å². The molecule has 20 heavy (non-hydrogen) atoms. The minimum atomic E-state index is 0. The maximum atomic E-state index is 12.2. The first-order chi connectivity index (χ1) is 9.33. The molecular weight excluding hydrogens is 272 g/mol. The Hall–Kier alpha value is -1.06. The van der Waals surface area contributed by atoms with Crippen LogP contribution in [-0.4, -0.2) is 19.0 Å². The molecular formula is C16H23ClN2O. The van der Waals surface area contributed by atoms with E-state index in [1.807, 2.05) is 6.07 Å². The van der Waals surface area contributed by atoms with E-state index < -0.39 is 0 Å². The number of hydrogen-bond acceptors (Lipinski definition) is 2. The van der Waals surface area contributed by atoms with Gasteiger partial charge in [0.15, 0.2) is 0 Å². The summed E-state index contributed by atoms with van der Waals surface area (Å²) in [5.74, 6) is 1.39. The maximum Gasteiger partial charge on any atom is 0.220 e. The number of nitrogens with one attached hydrogen (secondary N) is 2. The van der Waals surface area contributed by atoms with Crippen molar-refractivity contribution >= 4 is 18.3 Å². The lowest BCUT2D eigenvalue weighted by atomic mass is 10.0. The van der Waals surface area contributed by atoms with Crippen molar-refractivity contribution in [3.63, 3.8) is 0 Å². The summed E-state index contributed by atoms with van der Waals surface area (Å²) in [6, 6.07) is 10.6. The van der Waals surface area contributed by atoms with Crippen molar-refractivity contribution in [2.24, 2.45) is 11.8 Å². The van der Waals surface area contributed by atoms with Crippen LogP contribution >= 0.6 is 12.4 Å². The van der Waals surface area contributed by atoms with Crippen molar-refractivity contribution in [2.75, 3.05) is 13.1 Å². The van der Waals surface area contributed by atoms with Crippen LogP contribution in [0.25, 0.3) is 0 Å². The quantitative estimate of drug-likeness (QED) is 0.877. The summed E-state index contributed by atoms with van der Waals surface area (Å²) >= 11 is 0. The zero-order valence-corrected chi connectivity index (χ0v) is 12.5. The molecule has 2 unspecified atom stereocenters. The van der Waals surface area contributed by atoms with E-state index in [0.717, 1.165) is 19.5 Å². The summed E-state index contributed by atoms with van der Waals surface area (Å²) in [5, 5.41) is 6.57. The fraction of sp³-hybridized carbons (Fsp3) is 0.562. The highest BCUT2D eigenvalue weighted by molar-refractivity contribution is 5.85. The fourth-order valence-electron chi connectivity index (χ4n) is 2.95. The molecule has 0 bridgehead atoms. The molecule has 1 saturated carbocycles. The molecule has 0 aromatic heterocycles. The summed E-state index contributed by atoms with van der Waals surface area (Å²) in [4.78, 5) is 12.2. The predicted molar refractivity (Wildman–Crippen MR) is 82.9 cm³/mol. The maximum absolute atomic E-state index is 12.2. The van der Waals surface area contributed by atoms with E-state index in [0.29, 0.717) is 18.3 Å². The van der Waals surface area contributed by atoms with E-state index in [-0.39, 0.29) is 24.4 Å². The molecule has 2 atom stereocenters. The molecule has 0 spiro atoms. The number of halogens is 1. The van der Waals surface area contributed by atoms with Gasteiger partial charge in [-0.3, -0.25) is 4.79 Å². The fourth-order valence-corrected chi connectivity index (χ4v) is 2.95. The van der Waals surface area contributed by atoms with Crippen LogP contribution in [0.5, 0.6) is 0 Å². The highest BCUT2D eigenvalue weighted by atomic mass is 35.5. The first-order valence-electron chi connectivity index (χ1n) is 7.38. The summed E-state index contributed by atoms with van der Waals surface area (Å²) in [6.07, 6.45) is 4.28. The van der Waals surface area contributed by atoms with Crippen LogP contribution in [0.2, 0.25) is 0 Å². The molecule has 1 aromatic rings. The number of rotatable bonds is 5. The Morgan fingerprint density at radius 2 is 2.00 bits per heavy atom. The molecule has 110 valence electrons. The second kappa shape index (κ2) is 7.09. The van der Waals surface area contributed by atoms with E-state index in [9.17, 15) is 4.79 Å². The molecule has 1 aliphatic carbocycles. The minimum absolute atomic E-state index is 0. The predicted octanol–water partition coefficient (Wildman–Crippen LogP) is 2.68. The van der Waals surface area contributed by atoms with Crippen LogP contribution in [0.3, 0.4) is 0 Å². The van der Waals surface area contributed by atoms with Gasteiger partial charge in [-0.2, -0.15) is 0 Å². The highest BCUT2D eigenvalue weighted by Gasteiger charge is 2.33. The van der Waals surface area contributed by atoms with Gasteiger partial charge in [0.1, 0.15) is 0 Å². The normalized spacial score (nSPS) is 22.9. The van der Waals surface area contributed by atoms with Crippen LogP contribution in [0.1, 0.15) is 37.3 Å². The Balaban J connectivity index is 0.00000147. The molecule has 2 N–H and O–H groups in total. The van der Waals surface area contributed by atoms with Crippen LogP contribution in [0.15, 0.2) is 30.3 Å². The molecule has 2 aliphatic rings. The van der Waals surface area contributed by atoms with Gasteiger partial charge in [-0.05, 0) is 49.8 Å². The van der Waals surface area contributed by atoms with Crippen LogP contribution in [0.4, 0.5) is 0 Å². The molecule has 4 heteroatoms. The van der Waals surface area contributed by atoms with Gasteiger partial charge in [0, 0.05) is 6.42 Å². The van der Waals surface area contributed by atoms with Crippen LogP contribution in [-0.2, 0) is 4.79 Å². The van der Waals surface area contributed by atoms with Crippen molar-refractivity contribution in [3.05, 3.63) is 35.9 Å². The van der Waals surface area contributed by atoms with Gasteiger partial charge in [-0.1, -0.05) is 30.3 Å². The number of amides is 1. The van der Waals surface area contributed by atoms with E-state index in [1.54, 1.807) is 0 Å². The molecule has 1 amide bonds. The number of benzene rings is 1. The third kappa shape index (κ3) is 3.97. The Bertz CT molecular complexity index is 427. The SMILES string of the molecule is Cl.O=C(CC1CCNC1)NC(c1ccccc1)C1CC1. The first-order valence-corrected chi connectivity index (χ1v) is 7.38. The molecule has 3 rings (SSSR count). The standard InChI is InChI=1S/C16H22N2O.ClH/c19-15(10-12-8-9-17-11-12)18-16(14-6-7-14)13-4-2-1-3-5-13;/h1-5,12,14,16-17H,6-11H2,(H,18,19);1H. The monoisotopic (exact) mass is 294 g/mol. The van der Waals surface area contributed by atoms with E-state index in [1.165, 1.54) is 18.4 Å². The van der Waals surface area contributed by atoms with Crippen molar-refractivity contribution in [2.45, 2.75) is 31.7 Å². The first kappa shape index (κ1) is 15.3. The zero-order chi connectivity index (χ0) is 13.1. The smallest absolute Gasteiger partial charge is 0.220 e. The van der Waals surface area contributed by atoms with Crippen molar-refractivity contribution in [3.8, 4) is 0 Å². The Kier molecular flexibility index (Phi) is 5.44. The minimum Gasteiger partial charge on any atom is -0.349 e. The van der Waals surface area contributed by atoms with Gasteiger partial charge in [0.2, 0.25) is 5.91 Å². The van der Waals surface area contributed by atoms with Gasteiger partial charge in [0.25, 0.3) is 0 Å². The van der Waals surface area contributed by atoms with Crippen molar-refractivity contribution < 1.29 is 4.79 Å².